The van der Waals surface area contributed by atoms with Crippen molar-refractivity contribution < 1.29 is 9.53 Å². The van der Waals surface area contributed by atoms with Crippen LogP contribution in [0, 0.1) is 5.92 Å². The van der Waals surface area contributed by atoms with Crippen molar-refractivity contribution in [3.8, 4) is 0 Å². The van der Waals surface area contributed by atoms with Gasteiger partial charge in [0, 0.05) is 30.7 Å². The maximum atomic E-state index is 12.8. The van der Waals surface area contributed by atoms with Gasteiger partial charge >= 0.3 is 5.97 Å². The minimum atomic E-state index is -0.139. The van der Waals surface area contributed by atoms with Gasteiger partial charge in [0.1, 0.15) is 5.15 Å². The van der Waals surface area contributed by atoms with Gasteiger partial charge in [-0.25, -0.2) is 4.98 Å². The molecule has 0 N–H and O–H groups in total. The maximum absolute atomic E-state index is 12.8. The maximum Gasteiger partial charge on any atom is 0.311 e. The highest BCUT2D eigenvalue weighted by Gasteiger charge is 2.56. The minimum Gasteiger partial charge on any atom is -0.466 e. The molecule has 0 amide bonds. The molecule has 4 rings (SSSR count). The van der Waals surface area contributed by atoms with E-state index in [1.807, 2.05) is 31.3 Å². The molecule has 0 radical (unpaired) electrons. The lowest BCUT2D eigenvalue weighted by atomic mass is 9.76. The number of rotatable bonds is 5. The van der Waals surface area contributed by atoms with Crippen molar-refractivity contribution >= 4 is 17.6 Å². The predicted octanol–water partition coefficient (Wildman–Crippen LogP) is 4.04. The number of fused-ring (bicyclic) bond motifs is 2. The molecule has 4 nitrogen and oxygen atoms in total. The zero-order valence-electron chi connectivity index (χ0n) is 14.8. The Morgan fingerprint density at radius 2 is 1.96 bits per heavy atom. The molecule has 4 atom stereocenters. The molecule has 2 bridgehead atoms. The van der Waals surface area contributed by atoms with E-state index in [4.69, 9.17) is 16.3 Å². The second kappa shape index (κ2) is 7.37. The third-order valence-electron chi connectivity index (χ3n) is 5.73. The fourth-order valence-corrected chi connectivity index (χ4v) is 4.87. The van der Waals surface area contributed by atoms with Gasteiger partial charge in [-0.2, -0.15) is 0 Å². The van der Waals surface area contributed by atoms with Crippen LogP contribution < -0.4 is 0 Å². The molecule has 3 heterocycles. The molecule has 0 spiro atoms. The first-order valence-electron chi connectivity index (χ1n) is 9.26. The third-order valence-corrected chi connectivity index (χ3v) is 5.95. The van der Waals surface area contributed by atoms with Crippen LogP contribution in [0.3, 0.4) is 0 Å². The van der Waals surface area contributed by atoms with Crippen LogP contribution in [0.4, 0.5) is 0 Å². The van der Waals surface area contributed by atoms with Gasteiger partial charge < -0.3 is 4.74 Å². The summed E-state index contributed by atoms with van der Waals surface area (Å²) in [4.78, 5) is 19.5. The molecule has 0 unspecified atom stereocenters. The number of hydrogen-bond acceptors (Lipinski definition) is 4. The highest BCUT2D eigenvalue weighted by molar-refractivity contribution is 6.29. The second-order valence-corrected chi connectivity index (χ2v) is 7.48. The molecule has 0 saturated carbocycles. The molecule has 0 aliphatic carbocycles. The largest absolute Gasteiger partial charge is 0.466 e. The van der Waals surface area contributed by atoms with Gasteiger partial charge in [0.05, 0.1) is 12.5 Å². The van der Waals surface area contributed by atoms with Crippen molar-refractivity contribution in [2.45, 2.75) is 44.3 Å². The van der Waals surface area contributed by atoms with Gasteiger partial charge in [-0.05, 0) is 37.0 Å². The fraction of sp³-hybridized carbons (Fsp3) is 0.429. The van der Waals surface area contributed by atoms with Gasteiger partial charge in [-0.15, -0.1) is 0 Å². The Labute approximate surface area is 159 Å². The normalized spacial score (nSPS) is 27.6. The number of benzene rings is 1. The summed E-state index contributed by atoms with van der Waals surface area (Å²) in [6.45, 7) is 3.15. The summed E-state index contributed by atoms with van der Waals surface area (Å²) in [5, 5.41) is 0.478. The number of carbonyl (C=O) groups excluding carboxylic acids is 1. The number of ether oxygens (including phenoxy) is 1. The van der Waals surface area contributed by atoms with E-state index in [0.717, 1.165) is 24.9 Å². The van der Waals surface area contributed by atoms with Crippen molar-refractivity contribution in [1.29, 1.82) is 0 Å². The van der Waals surface area contributed by atoms with E-state index in [-0.39, 0.29) is 23.8 Å². The van der Waals surface area contributed by atoms with Crippen LogP contribution in [0.15, 0.2) is 48.7 Å². The van der Waals surface area contributed by atoms with E-state index < -0.39 is 0 Å². The zero-order chi connectivity index (χ0) is 18.1. The topological polar surface area (TPSA) is 42.4 Å². The summed E-state index contributed by atoms with van der Waals surface area (Å²) in [6.07, 6.45) is 3.96. The van der Waals surface area contributed by atoms with Crippen molar-refractivity contribution in [2.75, 3.05) is 6.61 Å². The van der Waals surface area contributed by atoms with Gasteiger partial charge in [-0.1, -0.05) is 48.0 Å². The highest BCUT2D eigenvalue weighted by atomic mass is 35.5. The third kappa shape index (κ3) is 3.12. The lowest BCUT2D eigenvalue weighted by Crippen LogP contribution is -2.34. The van der Waals surface area contributed by atoms with E-state index in [9.17, 15) is 4.79 Å². The van der Waals surface area contributed by atoms with Crippen LogP contribution >= 0.6 is 11.6 Å². The van der Waals surface area contributed by atoms with Crippen molar-refractivity contribution in [1.82, 2.24) is 9.88 Å². The first-order chi connectivity index (χ1) is 12.7. The number of esters is 1. The Balaban J connectivity index is 1.66. The standard InChI is InChI=1S/C21H23ClN2O2/c1-2-26-21(25)20-17-10-9-16(19(20)15-8-11-18(22)23-12-15)24(17)13-14-6-4-3-5-7-14/h3-8,11-12,16-17,19-20H,2,9-10,13H2,1H3/t16-,17+,19+,20-/m1/s1. The first kappa shape index (κ1) is 17.5. The SMILES string of the molecule is CCOC(=O)[C@H]1[C@@H](c2ccc(Cl)nc2)[C@H]2CC[C@@H]1N2Cc1ccccc1. The second-order valence-electron chi connectivity index (χ2n) is 7.09. The summed E-state index contributed by atoms with van der Waals surface area (Å²) in [7, 11) is 0. The Morgan fingerprint density at radius 3 is 2.65 bits per heavy atom. The molecule has 2 aromatic rings. The number of hydrogen-bond donors (Lipinski definition) is 0. The Bertz CT molecular complexity index is 765. The number of halogens is 1. The van der Waals surface area contributed by atoms with Crippen molar-refractivity contribution in [3.05, 3.63) is 64.9 Å². The number of aromatic nitrogens is 1. The molecule has 2 saturated heterocycles. The van der Waals surface area contributed by atoms with Gasteiger partial charge in [-0.3, -0.25) is 9.69 Å². The molecule has 1 aromatic heterocycles. The molecule has 136 valence electrons. The lowest BCUT2D eigenvalue weighted by Gasteiger charge is -2.27. The Hall–Kier alpha value is -1.91. The Kier molecular flexibility index (Phi) is 4.96. The average Bonchev–Trinajstić information content (AvgIpc) is 3.18. The lowest BCUT2D eigenvalue weighted by molar-refractivity contribution is -0.149. The zero-order valence-corrected chi connectivity index (χ0v) is 15.6. The van der Waals surface area contributed by atoms with Crippen LogP contribution in [0.25, 0.3) is 0 Å². The van der Waals surface area contributed by atoms with Gasteiger partial charge in [0.25, 0.3) is 0 Å². The number of nitrogens with zero attached hydrogens (tertiary/aromatic N) is 2. The molecular formula is C21H23ClN2O2. The van der Waals surface area contributed by atoms with Crippen molar-refractivity contribution in [2.24, 2.45) is 5.92 Å². The van der Waals surface area contributed by atoms with E-state index in [2.05, 4.69) is 34.1 Å². The number of carbonyl (C=O) groups is 1. The summed E-state index contributed by atoms with van der Waals surface area (Å²) in [5.41, 5.74) is 2.36. The van der Waals surface area contributed by atoms with Crippen LogP contribution in [-0.2, 0) is 16.1 Å². The molecule has 26 heavy (non-hydrogen) atoms. The summed E-state index contributed by atoms with van der Waals surface area (Å²) in [5.74, 6) is -0.112. The van der Waals surface area contributed by atoms with Gasteiger partial charge in [0.2, 0.25) is 0 Å². The summed E-state index contributed by atoms with van der Waals surface area (Å²) in [6, 6.07) is 14.8. The quantitative estimate of drug-likeness (QED) is 0.588. The average molecular weight is 371 g/mol. The monoisotopic (exact) mass is 370 g/mol. The fourth-order valence-electron chi connectivity index (χ4n) is 4.75. The van der Waals surface area contributed by atoms with Crippen LogP contribution in [0.5, 0.6) is 0 Å². The summed E-state index contributed by atoms with van der Waals surface area (Å²) >= 11 is 5.97. The first-order valence-corrected chi connectivity index (χ1v) is 9.64. The van der Waals surface area contributed by atoms with E-state index in [1.54, 1.807) is 0 Å². The van der Waals surface area contributed by atoms with Crippen LogP contribution in [0.1, 0.15) is 36.8 Å². The molecule has 2 fully saturated rings. The molecule has 2 aliphatic rings. The smallest absolute Gasteiger partial charge is 0.311 e. The molecule has 1 aromatic carbocycles. The van der Waals surface area contributed by atoms with E-state index in [0.29, 0.717) is 17.8 Å². The molecule has 5 heteroatoms. The highest BCUT2D eigenvalue weighted by Crippen LogP contribution is 2.51. The minimum absolute atomic E-state index is 0.0855. The molecular weight excluding hydrogens is 348 g/mol. The van der Waals surface area contributed by atoms with E-state index in [1.165, 1.54) is 5.56 Å². The van der Waals surface area contributed by atoms with Crippen LogP contribution in [0.2, 0.25) is 5.15 Å². The van der Waals surface area contributed by atoms with Gasteiger partial charge in [0.15, 0.2) is 0 Å². The number of pyridine rings is 1. The van der Waals surface area contributed by atoms with Crippen LogP contribution in [-0.4, -0.2) is 34.5 Å². The van der Waals surface area contributed by atoms with E-state index >= 15 is 0 Å². The summed E-state index contributed by atoms with van der Waals surface area (Å²) < 4.78 is 5.44. The molecule has 2 aliphatic heterocycles. The predicted molar refractivity (Wildman–Crippen MR) is 101 cm³/mol. The Morgan fingerprint density at radius 1 is 1.19 bits per heavy atom. The van der Waals surface area contributed by atoms with Crippen molar-refractivity contribution in [3.63, 3.8) is 0 Å².